The first-order valence-electron chi connectivity index (χ1n) is 9.14. The Labute approximate surface area is 161 Å². The molecule has 0 atom stereocenters. The number of amides is 1. The zero-order valence-corrected chi connectivity index (χ0v) is 16.1. The van der Waals surface area contributed by atoms with Crippen molar-refractivity contribution >= 4 is 11.6 Å². The molecule has 2 aromatic rings. The smallest absolute Gasteiger partial charge is 0.417 e. The van der Waals surface area contributed by atoms with Gasteiger partial charge in [0.15, 0.2) is 0 Å². The van der Waals surface area contributed by atoms with Crippen molar-refractivity contribution in [3.8, 4) is 0 Å². The predicted molar refractivity (Wildman–Crippen MR) is 97.0 cm³/mol. The number of anilines is 1. The Hall–Kier alpha value is -2.42. The number of hydrogen-bond acceptors (Lipinski definition) is 5. The standard InChI is InChI=1S/C19H23F3N4O2/c1-11-8-12(2)16(13(3)9-11)23-15(27)10-26-6-4-14(5-7-26)17-24-25-18(28-17)19(20,21)22/h8-9,14H,4-7,10H2,1-3H3,(H,23,27). The van der Waals surface area contributed by atoms with Crippen LogP contribution < -0.4 is 5.32 Å². The molecule has 28 heavy (non-hydrogen) atoms. The number of carbonyl (C=O) groups excluding carboxylic acids is 1. The first-order valence-corrected chi connectivity index (χ1v) is 9.14. The summed E-state index contributed by atoms with van der Waals surface area (Å²) in [4.78, 5) is 14.4. The Kier molecular flexibility index (Phi) is 5.74. The number of likely N-dealkylation sites (tertiary alicyclic amines) is 1. The number of piperidine rings is 1. The van der Waals surface area contributed by atoms with Crippen LogP contribution in [0.5, 0.6) is 0 Å². The molecule has 9 heteroatoms. The summed E-state index contributed by atoms with van der Waals surface area (Å²) in [7, 11) is 0. The Morgan fingerprint density at radius 2 is 1.79 bits per heavy atom. The lowest BCUT2D eigenvalue weighted by molar-refractivity contribution is -0.157. The van der Waals surface area contributed by atoms with Crippen LogP contribution in [0, 0.1) is 20.8 Å². The van der Waals surface area contributed by atoms with Crippen molar-refractivity contribution in [2.75, 3.05) is 25.0 Å². The normalized spacial score (nSPS) is 16.4. The SMILES string of the molecule is Cc1cc(C)c(NC(=O)CN2CCC(c3nnc(C(F)(F)F)o3)CC2)c(C)c1. The molecule has 1 amide bonds. The van der Waals surface area contributed by atoms with Crippen molar-refractivity contribution in [1.82, 2.24) is 15.1 Å². The molecule has 0 saturated carbocycles. The van der Waals surface area contributed by atoms with E-state index in [1.165, 1.54) is 0 Å². The number of aromatic nitrogens is 2. The Bertz CT molecular complexity index is 832. The van der Waals surface area contributed by atoms with Gasteiger partial charge in [-0.2, -0.15) is 13.2 Å². The third kappa shape index (κ3) is 4.70. The number of benzene rings is 1. The van der Waals surface area contributed by atoms with E-state index in [4.69, 9.17) is 4.42 Å². The highest BCUT2D eigenvalue weighted by Crippen LogP contribution is 2.32. The maximum atomic E-state index is 12.6. The average molecular weight is 396 g/mol. The van der Waals surface area contributed by atoms with Crippen molar-refractivity contribution in [3.05, 3.63) is 40.6 Å². The molecule has 2 heterocycles. The average Bonchev–Trinajstić information content (AvgIpc) is 3.09. The van der Waals surface area contributed by atoms with E-state index >= 15 is 0 Å². The molecule has 1 aliphatic rings. The monoisotopic (exact) mass is 396 g/mol. The van der Waals surface area contributed by atoms with Gasteiger partial charge in [0.25, 0.3) is 0 Å². The van der Waals surface area contributed by atoms with Gasteiger partial charge in [-0.3, -0.25) is 9.69 Å². The third-order valence-electron chi connectivity index (χ3n) is 4.93. The van der Waals surface area contributed by atoms with Gasteiger partial charge in [-0.25, -0.2) is 0 Å². The fourth-order valence-electron chi connectivity index (χ4n) is 3.61. The summed E-state index contributed by atoms with van der Waals surface area (Å²) in [6, 6.07) is 4.04. The van der Waals surface area contributed by atoms with Crippen LogP contribution in [0.4, 0.5) is 18.9 Å². The first kappa shape index (κ1) is 20.3. The number of nitrogens with one attached hydrogen (secondary N) is 1. The van der Waals surface area contributed by atoms with Gasteiger partial charge in [0.1, 0.15) is 0 Å². The van der Waals surface area contributed by atoms with E-state index in [9.17, 15) is 18.0 Å². The molecule has 1 aliphatic heterocycles. The summed E-state index contributed by atoms with van der Waals surface area (Å²) in [5.41, 5.74) is 4.00. The van der Waals surface area contributed by atoms with E-state index in [1.54, 1.807) is 0 Å². The van der Waals surface area contributed by atoms with Crippen LogP contribution in [0.1, 0.15) is 47.2 Å². The minimum atomic E-state index is -4.63. The molecule has 0 bridgehead atoms. The molecule has 0 radical (unpaired) electrons. The van der Waals surface area contributed by atoms with Crippen LogP contribution in [0.15, 0.2) is 16.5 Å². The number of alkyl halides is 3. The molecule has 0 unspecified atom stereocenters. The maximum Gasteiger partial charge on any atom is 0.470 e. The maximum absolute atomic E-state index is 12.6. The fraction of sp³-hybridized carbons (Fsp3) is 0.526. The molecule has 1 saturated heterocycles. The number of carbonyl (C=O) groups is 1. The summed E-state index contributed by atoms with van der Waals surface area (Å²) in [5, 5.41) is 9.59. The fourth-order valence-corrected chi connectivity index (χ4v) is 3.61. The van der Waals surface area contributed by atoms with Gasteiger partial charge in [0.2, 0.25) is 11.8 Å². The molecule has 3 rings (SSSR count). The van der Waals surface area contributed by atoms with Crippen molar-refractivity contribution in [3.63, 3.8) is 0 Å². The molecule has 0 aliphatic carbocycles. The second kappa shape index (κ2) is 7.90. The molecule has 6 nitrogen and oxygen atoms in total. The lowest BCUT2D eigenvalue weighted by atomic mass is 9.97. The number of nitrogens with zero attached hydrogens (tertiary/aromatic N) is 3. The Morgan fingerprint density at radius 3 is 2.32 bits per heavy atom. The second-order valence-electron chi connectivity index (χ2n) is 7.32. The van der Waals surface area contributed by atoms with Gasteiger partial charge in [-0.15, -0.1) is 10.2 Å². The van der Waals surface area contributed by atoms with Gasteiger partial charge in [0.05, 0.1) is 6.54 Å². The van der Waals surface area contributed by atoms with Crippen LogP contribution in [0.25, 0.3) is 0 Å². The molecular formula is C19H23F3N4O2. The zero-order chi connectivity index (χ0) is 20.5. The van der Waals surface area contributed by atoms with E-state index in [0.717, 1.165) is 22.4 Å². The van der Waals surface area contributed by atoms with Gasteiger partial charge in [-0.05, 0) is 57.8 Å². The summed E-state index contributed by atoms with van der Waals surface area (Å²) in [6.45, 7) is 7.32. The molecule has 1 fully saturated rings. The van der Waals surface area contributed by atoms with E-state index < -0.39 is 12.1 Å². The minimum absolute atomic E-state index is 0.0160. The molecule has 152 valence electrons. The van der Waals surface area contributed by atoms with E-state index in [0.29, 0.717) is 25.9 Å². The van der Waals surface area contributed by atoms with Crippen molar-refractivity contribution < 1.29 is 22.4 Å². The van der Waals surface area contributed by atoms with Crippen LogP contribution in [0.3, 0.4) is 0 Å². The van der Waals surface area contributed by atoms with Crippen LogP contribution in [-0.4, -0.2) is 40.6 Å². The van der Waals surface area contributed by atoms with E-state index in [1.807, 2.05) is 37.8 Å². The predicted octanol–water partition coefficient (Wildman–Crippen LogP) is 3.83. The summed E-state index contributed by atoms with van der Waals surface area (Å²) >= 11 is 0. The number of hydrogen-bond donors (Lipinski definition) is 1. The third-order valence-corrected chi connectivity index (χ3v) is 4.93. The number of halogens is 3. The van der Waals surface area contributed by atoms with E-state index in [-0.39, 0.29) is 24.3 Å². The van der Waals surface area contributed by atoms with Crippen molar-refractivity contribution in [2.45, 2.75) is 45.7 Å². The topological polar surface area (TPSA) is 71.3 Å². The first-order chi connectivity index (χ1) is 13.1. The van der Waals surface area contributed by atoms with Crippen molar-refractivity contribution in [1.29, 1.82) is 0 Å². The lowest BCUT2D eigenvalue weighted by Crippen LogP contribution is -2.39. The molecule has 1 N–H and O–H groups in total. The van der Waals surface area contributed by atoms with Crippen LogP contribution in [-0.2, 0) is 11.0 Å². The Morgan fingerprint density at radius 1 is 1.18 bits per heavy atom. The highest BCUT2D eigenvalue weighted by molar-refractivity contribution is 5.93. The molecule has 1 aromatic carbocycles. The second-order valence-corrected chi connectivity index (χ2v) is 7.32. The van der Waals surface area contributed by atoms with Gasteiger partial charge in [0, 0.05) is 11.6 Å². The van der Waals surface area contributed by atoms with Gasteiger partial charge in [-0.1, -0.05) is 17.7 Å². The summed E-state index contributed by atoms with van der Waals surface area (Å²) in [5.74, 6) is -1.62. The van der Waals surface area contributed by atoms with Crippen LogP contribution >= 0.6 is 0 Å². The zero-order valence-electron chi connectivity index (χ0n) is 16.1. The van der Waals surface area contributed by atoms with Gasteiger partial charge >= 0.3 is 12.1 Å². The number of aryl methyl sites for hydroxylation is 3. The largest absolute Gasteiger partial charge is 0.470 e. The summed E-state index contributed by atoms with van der Waals surface area (Å²) < 4.78 is 42.5. The highest BCUT2D eigenvalue weighted by Gasteiger charge is 2.39. The van der Waals surface area contributed by atoms with Crippen molar-refractivity contribution in [2.24, 2.45) is 0 Å². The Balaban J connectivity index is 1.53. The summed E-state index contributed by atoms with van der Waals surface area (Å²) in [6.07, 6.45) is -3.50. The lowest BCUT2D eigenvalue weighted by Gasteiger charge is -2.29. The number of rotatable bonds is 4. The molecular weight excluding hydrogens is 373 g/mol. The quantitative estimate of drug-likeness (QED) is 0.851. The van der Waals surface area contributed by atoms with Crippen LogP contribution in [0.2, 0.25) is 0 Å². The molecule has 1 aromatic heterocycles. The van der Waals surface area contributed by atoms with Gasteiger partial charge < -0.3 is 9.73 Å². The highest BCUT2D eigenvalue weighted by atomic mass is 19.4. The molecule has 0 spiro atoms. The minimum Gasteiger partial charge on any atom is -0.417 e. The van der Waals surface area contributed by atoms with E-state index in [2.05, 4.69) is 15.5 Å².